The number of nitrogens with zero attached hydrogens (tertiary/aromatic N) is 1. The topological polar surface area (TPSA) is 164 Å². The monoisotopic (exact) mass is 487 g/mol. The second kappa shape index (κ2) is 10.2. The summed E-state index contributed by atoms with van der Waals surface area (Å²) in [6.07, 6.45) is 0. The molecule has 0 unspecified atom stereocenters. The number of hydrogen-bond acceptors (Lipinski definition) is 9. The molecule has 0 aliphatic carbocycles. The molecule has 34 heavy (non-hydrogen) atoms. The molecule has 2 heterocycles. The van der Waals surface area contributed by atoms with Crippen LogP contribution in [0.4, 0.5) is 10.7 Å². The number of amides is 2. The fourth-order valence-corrected chi connectivity index (χ4v) is 4.11. The van der Waals surface area contributed by atoms with E-state index in [2.05, 4.69) is 5.32 Å². The fourth-order valence-electron chi connectivity index (χ4n) is 3.07. The van der Waals surface area contributed by atoms with Crippen LogP contribution in [0, 0.1) is 24.0 Å². The second-order valence-electron chi connectivity index (χ2n) is 7.08. The van der Waals surface area contributed by atoms with Crippen LogP contribution in [0.15, 0.2) is 34.7 Å². The highest BCUT2D eigenvalue weighted by molar-refractivity contribution is 7.18. The standard InChI is InChI=1S/C22H21N3O8S/c1-4-31-22(28)17-12(3)18(19(23)26)34-21(17)24-20(27)16-8-6-13(33-16)10-32-15-7-5-11(2)9-14(15)25(29)30/h5-9H,4,10H2,1-3H3,(H2,23,26)(H,24,27). The van der Waals surface area contributed by atoms with Gasteiger partial charge in [-0.3, -0.25) is 19.7 Å². The van der Waals surface area contributed by atoms with Crippen LogP contribution in [0.2, 0.25) is 0 Å². The molecule has 0 fully saturated rings. The molecule has 11 nitrogen and oxygen atoms in total. The first-order valence-corrected chi connectivity index (χ1v) is 10.8. The van der Waals surface area contributed by atoms with Gasteiger partial charge in [0.2, 0.25) is 0 Å². The predicted molar refractivity (Wildman–Crippen MR) is 122 cm³/mol. The summed E-state index contributed by atoms with van der Waals surface area (Å²) in [5, 5.41) is 13.9. The van der Waals surface area contributed by atoms with E-state index < -0.39 is 22.7 Å². The maximum absolute atomic E-state index is 12.7. The lowest BCUT2D eigenvalue weighted by atomic mass is 10.1. The van der Waals surface area contributed by atoms with Gasteiger partial charge in [-0.1, -0.05) is 6.07 Å². The Morgan fingerprint density at radius 1 is 1.21 bits per heavy atom. The number of nitrogens with one attached hydrogen (secondary N) is 1. The van der Waals surface area contributed by atoms with Crippen molar-refractivity contribution in [2.45, 2.75) is 27.4 Å². The number of nitro groups is 1. The molecule has 0 bridgehead atoms. The molecule has 1 aromatic carbocycles. The number of nitro benzene ring substituents is 1. The lowest BCUT2D eigenvalue weighted by Crippen LogP contribution is -2.14. The maximum Gasteiger partial charge on any atom is 0.341 e. The summed E-state index contributed by atoms with van der Waals surface area (Å²) in [4.78, 5) is 47.6. The van der Waals surface area contributed by atoms with Crippen molar-refractivity contribution < 1.29 is 33.2 Å². The van der Waals surface area contributed by atoms with Crippen LogP contribution < -0.4 is 15.8 Å². The third kappa shape index (κ3) is 5.23. The first-order valence-electron chi connectivity index (χ1n) is 10.0. The smallest absolute Gasteiger partial charge is 0.341 e. The summed E-state index contributed by atoms with van der Waals surface area (Å²) in [6, 6.07) is 7.41. The van der Waals surface area contributed by atoms with E-state index in [1.165, 1.54) is 31.2 Å². The number of furan rings is 1. The number of esters is 1. The molecule has 178 valence electrons. The van der Waals surface area contributed by atoms with Gasteiger partial charge in [0.05, 0.1) is 22.0 Å². The molecule has 3 aromatic rings. The Balaban J connectivity index is 1.77. The van der Waals surface area contributed by atoms with Crippen LogP contribution >= 0.6 is 11.3 Å². The zero-order chi connectivity index (χ0) is 25.0. The van der Waals surface area contributed by atoms with Crippen molar-refractivity contribution in [2.75, 3.05) is 11.9 Å². The van der Waals surface area contributed by atoms with Gasteiger partial charge in [0, 0.05) is 6.07 Å². The summed E-state index contributed by atoms with van der Waals surface area (Å²) in [7, 11) is 0. The van der Waals surface area contributed by atoms with Crippen LogP contribution in [-0.4, -0.2) is 29.3 Å². The average Bonchev–Trinajstić information content (AvgIpc) is 3.37. The van der Waals surface area contributed by atoms with E-state index in [-0.39, 0.29) is 51.6 Å². The first kappa shape index (κ1) is 24.5. The summed E-state index contributed by atoms with van der Waals surface area (Å²) < 4.78 is 16.0. The minimum atomic E-state index is -0.740. The Morgan fingerprint density at radius 3 is 2.59 bits per heavy atom. The van der Waals surface area contributed by atoms with Crippen molar-refractivity contribution in [1.82, 2.24) is 0 Å². The zero-order valence-corrected chi connectivity index (χ0v) is 19.3. The number of aryl methyl sites for hydroxylation is 1. The van der Waals surface area contributed by atoms with E-state index in [1.54, 1.807) is 19.9 Å². The van der Waals surface area contributed by atoms with Crippen molar-refractivity contribution in [3.8, 4) is 5.75 Å². The van der Waals surface area contributed by atoms with Gasteiger partial charge in [0.25, 0.3) is 11.8 Å². The number of carbonyl (C=O) groups is 3. The summed E-state index contributed by atoms with van der Waals surface area (Å²) in [5.41, 5.74) is 6.23. The Morgan fingerprint density at radius 2 is 1.94 bits per heavy atom. The average molecular weight is 487 g/mol. The van der Waals surface area contributed by atoms with E-state index >= 15 is 0 Å². The molecule has 0 radical (unpaired) electrons. The van der Waals surface area contributed by atoms with Crippen LogP contribution in [-0.2, 0) is 11.3 Å². The van der Waals surface area contributed by atoms with Crippen LogP contribution in [0.3, 0.4) is 0 Å². The van der Waals surface area contributed by atoms with Gasteiger partial charge in [-0.05, 0) is 50.1 Å². The molecule has 12 heteroatoms. The largest absolute Gasteiger partial charge is 0.479 e. The number of thiophene rings is 1. The quantitative estimate of drug-likeness (QED) is 0.260. The van der Waals surface area contributed by atoms with E-state index in [1.807, 2.05) is 0 Å². The Kier molecular flexibility index (Phi) is 7.31. The lowest BCUT2D eigenvalue weighted by Gasteiger charge is -2.06. The highest BCUT2D eigenvalue weighted by Crippen LogP contribution is 2.34. The van der Waals surface area contributed by atoms with Crippen molar-refractivity contribution >= 4 is 39.8 Å². The van der Waals surface area contributed by atoms with Crippen molar-refractivity contribution in [3.05, 3.63) is 73.5 Å². The fraction of sp³-hybridized carbons (Fsp3) is 0.227. The third-order valence-corrected chi connectivity index (χ3v) is 5.87. The number of primary amides is 1. The second-order valence-corrected chi connectivity index (χ2v) is 8.10. The molecule has 0 saturated heterocycles. The van der Waals surface area contributed by atoms with Crippen LogP contribution in [0.5, 0.6) is 5.75 Å². The number of ether oxygens (including phenoxy) is 2. The van der Waals surface area contributed by atoms with E-state index in [0.717, 1.165) is 11.3 Å². The van der Waals surface area contributed by atoms with Gasteiger partial charge < -0.3 is 24.9 Å². The number of rotatable bonds is 9. The zero-order valence-electron chi connectivity index (χ0n) is 18.5. The van der Waals surface area contributed by atoms with Crippen LogP contribution in [0.25, 0.3) is 0 Å². The molecule has 0 aliphatic heterocycles. The van der Waals surface area contributed by atoms with Gasteiger partial charge in [-0.15, -0.1) is 11.3 Å². The molecule has 0 saturated carbocycles. The highest BCUT2D eigenvalue weighted by Gasteiger charge is 2.26. The number of carbonyl (C=O) groups excluding carboxylic acids is 3. The van der Waals surface area contributed by atoms with Crippen molar-refractivity contribution in [1.29, 1.82) is 0 Å². The Labute approximate surface area is 197 Å². The number of hydrogen-bond donors (Lipinski definition) is 2. The lowest BCUT2D eigenvalue weighted by molar-refractivity contribution is -0.386. The van der Waals surface area contributed by atoms with Gasteiger partial charge in [0.1, 0.15) is 17.4 Å². The minimum Gasteiger partial charge on any atom is -0.479 e. The molecule has 3 rings (SSSR count). The van der Waals surface area contributed by atoms with Crippen molar-refractivity contribution in [2.24, 2.45) is 5.73 Å². The predicted octanol–water partition coefficient (Wildman–Crippen LogP) is 3.97. The SMILES string of the molecule is CCOC(=O)c1c(NC(=O)c2ccc(COc3ccc(C)cc3[N+](=O)[O-])o2)sc(C(N)=O)c1C. The number of anilines is 1. The van der Waals surface area contributed by atoms with Crippen molar-refractivity contribution in [3.63, 3.8) is 0 Å². The molecule has 3 N–H and O–H groups in total. The molecule has 2 amide bonds. The minimum absolute atomic E-state index is 0.0378. The van der Waals surface area contributed by atoms with Gasteiger partial charge in [0.15, 0.2) is 11.5 Å². The number of benzene rings is 1. The summed E-state index contributed by atoms with van der Waals surface area (Å²) in [6.45, 7) is 4.84. The Bertz CT molecular complexity index is 1280. The highest BCUT2D eigenvalue weighted by atomic mass is 32.1. The summed E-state index contributed by atoms with van der Waals surface area (Å²) in [5.74, 6) is -1.92. The molecule has 0 spiro atoms. The molecule has 0 aliphatic rings. The van der Waals surface area contributed by atoms with Crippen LogP contribution in [0.1, 0.15) is 54.4 Å². The molecule has 2 aromatic heterocycles. The molecule has 0 atom stereocenters. The maximum atomic E-state index is 12.7. The first-order chi connectivity index (χ1) is 16.1. The van der Waals surface area contributed by atoms with E-state index in [0.29, 0.717) is 11.1 Å². The van der Waals surface area contributed by atoms with E-state index in [4.69, 9.17) is 19.6 Å². The van der Waals surface area contributed by atoms with E-state index in [9.17, 15) is 24.5 Å². The number of nitrogens with two attached hydrogens (primary N) is 1. The Hall–Kier alpha value is -4.19. The van der Waals surface area contributed by atoms with Gasteiger partial charge in [-0.2, -0.15) is 0 Å². The summed E-state index contributed by atoms with van der Waals surface area (Å²) >= 11 is 0.854. The van der Waals surface area contributed by atoms with Gasteiger partial charge in [-0.25, -0.2) is 4.79 Å². The molecular formula is C22H21N3O8S. The van der Waals surface area contributed by atoms with Gasteiger partial charge >= 0.3 is 11.7 Å². The molecular weight excluding hydrogens is 466 g/mol. The normalized spacial score (nSPS) is 10.6. The third-order valence-electron chi connectivity index (χ3n) is 4.64.